The Morgan fingerprint density at radius 2 is 1.88 bits per heavy atom. The third kappa shape index (κ3) is 6.64. The standard InChI is InChI=1S/C13H28N2O2/c1-5-15(6-2)13(17)12(4)14-9-7-8-11(3)10-16/h11-12,14,16H,5-10H2,1-4H3. The minimum absolute atomic E-state index is 0.112. The van der Waals surface area contributed by atoms with E-state index in [1.54, 1.807) is 0 Å². The van der Waals surface area contributed by atoms with E-state index >= 15 is 0 Å². The molecule has 0 fully saturated rings. The van der Waals surface area contributed by atoms with E-state index < -0.39 is 0 Å². The smallest absolute Gasteiger partial charge is 0.239 e. The molecular weight excluding hydrogens is 216 g/mol. The summed E-state index contributed by atoms with van der Waals surface area (Å²) in [5.74, 6) is 0.524. The van der Waals surface area contributed by atoms with Crippen molar-refractivity contribution in [2.45, 2.75) is 46.6 Å². The van der Waals surface area contributed by atoms with Gasteiger partial charge in [-0.3, -0.25) is 4.79 Å². The van der Waals surface area contributed by atoms with Crippen LogP contribution in [-0.2, 0) is 4.79 Å². The van der Waals surface area contributed by atoms with Gasteiger partial charge in [0.1, 0.15) is 0 Å². The molecule has 0 saturated heterocycles. The number of hydrogen-bond donors (Lipinski definition) is 2. The molecule has 0 aliphatic heterocycles. The number of carbonyl (C=O) groups is 1. The average Bonchev–Trinajstić information content (AvgIpc) is 2.35. The SMILES string of the molecule is CCN(CC)C(=O)C(C)NCCCC(C)CO. The summed E-state index contributed by atoms with van der Waals surface area (Å²) >= 11 is 0. The molecule has 4 nitrogen and oxygen atoms in total. The summed E-state index contributed by atoms with van der Waals surface area (Å²) in [4.78, 5) is 13.8. The van der Waals surface area contributed by atoms with Crippen molar-refractivity contribution in [1.29, 1.82) is 0 Å². The topological polar surface area (TPSA) is 52.6 Å². The lowest BCUT2D eigenvalue weighted by atomic mass is 10.1. The summed E-state index contributed by atoms with van der Waals surface area (Å²) in [5, 5.41) is 12.1. The lowest BCUT2D eigenvalue weighted by molar-refractivity contribution is -0.132. The summed E-state index contributed by atoms with van der Waals surface area (Å²) in [6.45, 7) is 10.5. The fraction of sp³-hybridized carbons (Fsp3) is 0.923. The zero-order valence-corrected chi connectivity index (χ0v) is 11.7. The molecule has 17 heavy (non-hydrogen) atoms. The Balaban J connectivity index is 3.78. The van der Waals surface area contributed by atoms with Gasteiger partial charge in [0.2, 0.25) is 5.91 Å². The van der Waals surface area contributed by atoms with E-state index in [4.69, 9.17) is 5.11 Å². The van der Waals surface area contributed by atoms with Crippen LogP contribution in [0.15, 0.2) is 0 Å². The molecule has 0 bridgehead atoms. The molecular formula is C13H28N2O2. The molecule has 2 unspecified atom stereocenters. The lowest BCUT2D eigenvalue weighted by Crippen LogP contribution is -2.45. The Kier molecular flexibility index (Phi) is 9.09. The Labute approximate surface area is 105 Å². The summed E-state index contributed by atoms with van der Waals surface area (Å²) in [7, 11) is 0. The van der Waals surface area contributed by atoms with E-state index in [0.717, 1.165) is 32.5 Å². The van der Waals surface area contributed by atoms with Gasteiger partial charge in [0.05, 0.1) is 6.04 Å². The number of aliphatic hydroxyl groups excluding tert-OH is 1. The number of carbonyl (C=O) groups excluding carboxylic acids is 1. The van der Waals surface area contributed by atoms with Gasteiger partial charge in [-0.25, -0.2) is 0 Å². The highest BCUT2D eigenvalue weighted by molar-refractivity contribution is 5.81. The highest BCUT2D eigenvalue weighted by Crippen LogP contribution is 2.03. The zero-order chi connectivity index (χ0) is 13.3. The third-order valence-corrected chi connectivity index (χ3v) is 3.08. The Bertz CT molecular complexity index is 206. The van der Waals surface area contributed by atoms with E-state index in [9.17, 15) is 4.79 Å². The second-order valence-electron chi connectivity index (χ2n) is 4.62. The molecule has 0 spiro atoms. The van der Waals surface area contributed by atoms with Gasteiger partial charge < -0.3 is 15.3 Å². The summed E-state index contributed by atoms with van der Waals surface area (Å²) in [5.41, 5.74) is 0. The fourth-order valence-corrected chi connectivity index (χ4v) is 1.76. The molecule has 0 rings (SSSR count). The van der Waals surface area contributed by atoms with Gasteiger partial charge in [0.15, 0.2) is 0 Å². The second-order valence-corrected chi connectivity index (χ2v) is 4.62. The molecule has 0 heterocycles. The largest absolute Gasteiger partial charge is 0.396 e. The van der Waals surface area contributed by atoms with Crippen molar-refractivity contribution in [1.82, 2.24) is 10.2 Å². The first-order valence-electron chi connectivity index (χ1n) is 6.69. The van der Waals surface area contributed by atoms with Crippen LogP contribution in [0.25, 0.3) is 0 Å². The summed E-state index contributed by atoms with van der Waals surface area (Å²) < 4.78 is 0. The number of nitrogens with one attached hydrogen (secondary N) is 1. The van der Waals surface area contributed by atoms with Crippen LogP contribution in [0.2, 0.25) is 0 Å². The summed E-state index contributed by atoms with van der Waals surface area (Å²) in [6.07, 6.45) is 1.99. The predicted octanol–water partition coefficient (Wildman–Crippen LogP) is 1.24. The van der Waals surface area contributed by atoms with Crippen LogP contribution in [-0.4, -0.2) is 48.2 Å². The first-order valence-corrected chi connectivity index (χ1v) is 6.69. The van der Waals surface area contributed by atoms with Crippen molar-refractivity contribution in [2.24, 2.45) is 5.92 Å². The highest BCUT2D eigenvalue weighted by Gasteiger charge is 2.16. The van der Waals surface area contributed by atoms with E-state index in [1.807, 2.05) is 32.6 Å². The van der Waals surface area contributed by atoms with Gasteiger partial charge in [0, 0.05) is 19.7 Å². The molecule has 0 aliphatic carbocycles. The third-order valence-electron chi connectivity index (χ3n) is 3.08. The molecule has 0 saturated carbocycles. The van der Waals surface area contributed by atoms with Gasteiger partial charge in [-0.15, -0.1) is 0 Å². The van der Waals surface area contributed by atoms with Gasteiger partial charge in [-0.05, 0) is 46.1 Å². The average molecular weight is 244 g/mol. The maximum Gasteiger partial charge on any atom is 0.239 e. The molecule has 2 N–H and O–H groups in total. The summed E-state index contributed by atoms with van der Waals surface area (Å²) in [6, 6.07) is -0.112. The van der Waals surface area contributed by atoms with Crippen molar-refractivity contribution in [3.63, 3.8) is 0 Å². The molecule has 0 aromatic heterocycles. The van der Waals surface area contributed by atoms with Crippen LogP contribution >= 0.6 is 0 Å². The van der Waals surface area contributed by atoms with Crippen molar-refractivity contribution in [3.8, 4) is 0 Å². The molecule has 0 aromatic carbocycles. The van der Waals surface area contributed by atoms with Crippen molar-refractivity contribution < 1.29 is 9.90 Å². The number of aliphatic hydroxyl groups is 1. The number of amides is 1. The Morgan fingerprint density at radius 3 is 2.35 bits per heavy atom. The normalized spacial score (nSPS) is 14.4. The first-order chi connectivity index (χ1) is 8.06. The van der Waals surface area contributed by atoms with Crippen LogP contribution in [0, 0.1) is 5.92 Å². The zero-order valence-electron chi connectivity index (χ0n) is 11.7. The predicted molar refractivity (Wildman–Crippen MR) is 70.9 cm³/mol. The maximum atomic E-state index is 11.9. The number of nitrogens with zero attached hydrogens (tertiary/aromatic N) is 1. The molecule has 4 heteroatoms. The van der Waals surface area contributed by atoms with Gasteiger partial charge in [-0.2, -0.15) is 0 Å². The molecule has 0 aromatic rings. The number of likely N-dealkylation sites (N-methyl/N-ethyl adjacent to an activating group) is 1. The van der Waals surface area contributed by atoms with Crippen LogP contribution in [0.4, 0.5) is 0 Å². The minimum atomic E-state index is -0.112. The van der Waals surface area contributed by atoms with Crippen molar-refractivity contribution in [3.05, 3.63) is 0 Å². The number of hydrogen-bond acceptors (Lipinski definition) is 3. The lowest BCUT2D eigenvalue weighted by Gasteiger charge is -2.23. The van der Waals surface area contributed by atoms with Crippen LogP contribution in [0.1, 0.15) is 40.5 Å². The molecule has 1 amide bonds. The quantitative estimate of drug-likeness (QED) is 0.600. The fourth-order valence-electron chi connectivity index (χ4n) is 1.76. The first kappa shape index (κ1) is 16.4. The van der Waals surface area contributed by atoms with E-state index in [0.29, 0.717) is 5.92 Å². The van der Waals surface area contributed by atoms with Gasteiger partial charge >= 0.3 is 0 Å². The van der Waals surface area contributed by atoms with E-state index in [1.165, 1.54) is 0 Å². The molecule has 0 radical (unpaired) electrons. The molecule has 102 valence electrons. The monoisotopic (exact) mass is 244 g/mol. The minimum Gasteiger partial charge on any atom is -0.396 e. The second kappa shape index (κ2) is 9.42. The van der Waals surface area contributed by atoms with Crippen LogP contribution < -0.4 is 5.32 Å². The van der Waals surface area contributed by atoms with Crippen molar-refractivity contribution in [2.75, 3.05) is 26.2 Å². The van der Waals surface area contributed by atoms with Gasteiger partial charge in [-0.1, -0.05) is 6.92 Å². The number of rotatable bonds is 9. The molecule has 0 aliphatic rings. The van der Waals surface area contributed by atoms with Crippen LogP contribution in [0.5, 0.6) is 0 Å². The van der Waals surface area contributed by atoms with Crippen molar-refractivity contribution >= 4 is 5.91 Å². The Hall–Kier alpha value is -0.610. The van der Waals surface area contributed by atoms with E-state index in [-0.39, 0.29) is 18.6 Å². The van der Waals surface area contributed by atoms with E-state index in [2.05, 4.69) is 5.32 Å². The highest BCUT2D eigenvalue weighted by atomic mass is 16.3. The Morgan fingerprint density at radius 1 is 1.29 bits per heavy atom. The van der Waals surface area contributed by atoms with Gasteiger partial charge in [0.25, 0.3) is 0 Å². The molecule has 2 atom stereocenters. The van der Waals surface area contributed by atoms with Crippen LogP contribution in [0.3, 0.4) is 0 Å². The maximum absolute atomic E-state index is 11.9.